The van der Waals surface area contributed by atoms with E-state index in [2.05, 4.69) is 70.9 Å². The largest absolute Gasteiger partial charge is 0.330 e. The van der Waals surface area contributed by atoms with Gasteiger partial charge in [-0.05, 0) is 13.8 Å². The highest BCUT2D eigenvalue weighted by molar-refractivity contribution is 5.57. The second-order valence-electron chi connectivity index (χ2n) is 7.50. The number of fused-ring (bicyclic) bond motifs is 1. The second kappa shape index (κ2) is 6.90. The van der Waals surface area contributed by atoms with E-state index >= 15 is 0 Å². The Labute approximate surface area is 150 Å². The average molecular weight is 339 g/mol. The lowest BCUT2D eigenvalue weighted by Crippen LogP contribution is -2.52. The SMILES string of the molecule is CC(C)N1CCN(C2CNCc3c2nc(-c2ccccc2)n3C)CC1. The van der Waals surface area contributed by atoms with Gasteiger partial charge < -0.3 is 9.88 Å². The third kappa shape index (κ3) is 3.12. The van der Waals surface area contributed by atoms with Gasteiger partial charge in [0.1, 0.15) is 5.82 Å². The van der Waals surface area contributed by atoms with E-state index in [1.54, 1.807) is 0 Å². The van der Waals surface area contributed by atoms with Gasteiger partial charge in [-0.2, -0.15) is 0 Å². The molecule has 1 aromatic heterocycles. The van der Waals surface area contributed by atoms with Crippen LogP contribution in [0.5, 0.6) is 0 Å². The van der Waals surface area contributed by atoms with E-state index < -0.39 is 0 Å². The lowest BCUT2D eigenvalue weighted by atomic mass is 10.0. The number of hydrogen-bond acceptors (Lipinski definition) is 4. The van der Waals surface area contributed by atoms with Crippen molar-refractivity contribution < 1.29 is 0 Å². The molecule has 1 aromatic carbocycles. The molecule has 3 heterocycles. The molecule has 0 spiro atoms. The molecule has 2 aromatic rings. The molecule has 1 N–H and O–H groups in total. The Hall–Kier alpha value is -1.69. The van der Waals surface area contributed by atoms with Crippen molar-refractivity contribution in [1.82, 2.24) is 24.7 Å². The maximum Gasteiger partial charge on any atom is 0.140 e. The minimum Gasteiger partial charge on any atom is -0.330 e. The van der Waals surface area contributed by atoms with Gasteiger partial charge in [0.15, 0.2) is 0 Å². The number of hydrogen-bond donors (Lipinski definition) is 1. The maximum absolute atomic E-state index is 5.10. The molecular formula is C20H29N5. The molecule has 134 valence electrons. The van der Waals surface area contributed by atoms with Crippen LogP contribution in [-0.2, 0) is 13.6 Å². The third-order valence-electron chi connectivity index (χ3n) is 5.74. The average Bonchev–Trinajstić information content (AvgIpc) is 2.99. The Morgan fingerprint density at radius 3 is 2.48 bits per heavy atom. The smallest absolute Gasteiger partial charge is 0.140 e. The fourth-order valence-corrected chi connectivity index (χ4v) is 4.17. The molecule has 1 unspecified atom stereocenters. The summed E-state index contributed by atoms with van der Waals surface area (Å²) >= 11 is 0. The van der Waals surface area contributed by atoms with Crippen LogP contribution in [0.25, 0.3) is 11.4 Å². The monoisotopic (exact) mass is 339 g/mol. The molecule has 1 atom stereocenters. The summed E-state index contributed by atoms with van der Waals surface area (Å²) in [5, 5.41) is 3.61. The van der Waals surface area contributed by atoms with Crippen molar-refractivity contribution in [2.24, 2.45) is 7.05 Å². The first kappa shape index (κ1) is 16.8. The standard InChI is InChI=1S/C20H29N5/c1-15(2)24-9-11-25(12-10-24)18-14-21-13-17-19(18)22-20(23(17)3)16-7-5-4-6-8-16/h4-8,15,18,21H,9-14H2,1-3H3. The summed E-state index contributed by atoms with van der Waals surface area (Å²) in [6.07, 6.45) is 0. The van der Waals surface area contributed by atoms with Crippen LogP contribution in [0.2, 0.25) is 0 Å². The zero-order chi connectivity index (χ0) is 17.4. The third-order valence-corrected chi connectivity index (χ3v) is 5.74. The minimum atomic E-state index is 0.390. The predicted molar refractivity (Wildman–Crippen MR) is 101 cm³/mol. The zero-order valence-electron chi connectivity index (χ0n) is 15.6. The van der Waals surface area contributed by atoms with Gasteiger partial charge in [-0.25, -0.2) is 4.98 Å². The molecule has 4 rings (SSSR count). The fraction of sp³-hybridized carbons (Fsp3) is 0.550. The highest BCUT2D eigenvalue weighted by Crippen LogP contribution is 2.31. The predicted octanol–water partition coefficient (Wildman–Crippen LogP) is 2.26. The van der Waals surface area contributed by atoms with Gasteiger partial charge in [-0.1, -0.05) is 30.3 Å². The van der Waals surface area contributed by atoms with Crippen molar-refractivity contribution in [1.29, 1.82) is 0 Å². The van der Waals surface area contributed by atoms with E-state index in [-0.39, 0.29) is 0 Å². The van der Waals surface area contributed by atoms with E-state index in [4.69, 9.17) is 4.98 Å². The Kier molecular flexibility index (Phi) is 4.63. The Bertz CT molecular complexity index is 713. The summed E-state index contributed by atoms with van der Waals surface area (Å²) in [6, 6.07) is 11.6. The van der Waals surface area contributed by atoms with Crippen LogP contribution in [0.15, 0.2) is 30.3 Å². The summed E-state index contributed by atoms with van der Waals surface area (Å²) in [5.41, 5.74) is 3.81. The summed E-state index contributed by atoms with van der Waals surface area (Å²) in [5.74, 6) is 1.08. The first-order valence-electron chi connectivity index (χ1n) is 9.45. The molecule has 25 heavy (non-hydrogen) atoms. The lowest BCUT2D eigenvalue weighted by molar-refractivity contribution is 0.0732. The molecule has 5 nitrogen and oxygen atoms in total. The second-order valence-corrected chi connectivity index (χ2v) is 7.50. The number of benzene rings is 1. The van der Waals surface area contributed by atoms with E-state index in [0.29, 0.717) is 12.1 Å². The summed E-state index contributed by atoms with van der Waals surface area (Å²) in [4.78, 5) is 10.3. The number of imidazole rings is 1. The zero-order valence-corrected chi connectivity index (χ0v) is 15.6. The number of piperazine rings is 1. The van der Waals surface area contributed by atoms with Gasteiger partial charge in [-0.15, -0.1) is 0 Å². The topological polar surface area (TPSA) is 36.3 Å². The van der Waals surface area contributed by atoms with Crippen LogP contribution < -0.4 is 5.32 Å². The van der Waals surface area contributed by atoms with Crippen LogP contribution in [0.4, 0.5) is 0 Å². The first-order valence-corrected chi connectivity index (χ1v) is 9.45. The molecule has 1 saturated heterocycles. The molecule has 0 aliphatic carbocycles. The summed E-state index contributed by atoms with van der Waals surface area (Å²) < 4.78 is 2.27. The number of aromatic nitrogens is 2. The molecule has 1 fully saturated rings. The van der Waals surface area contributed by atoms with E-state index in [1.807, 2.05) is 0 Å². The van der Waals surface area contributed by atoms with Gasteiger partial charge in [0.2, 0.25) is 0 Å². The Morgan fingerprint density at radius 1 is 1.08 bits per heavy atom. The number of rotatable bonds is 3. The molecule has 0 saturated carbocycles. The van der Waals surface area contributed by atoms with Crippen molar-refractivity contribution in [2.45, 2.75) is 32.5 Å². The van der Waals surface area contributed by atoms with Crippen LogP contribution in [-0.4, -0.2) is 58.1 Å². The molecule has 0 radical (unpaired) electrons. The number of nitrogens with zero attached hydrogens (tertiary/aromatic N) is 4. The fourth-order valence-electron chi connectivity index (χ4n) is 4.17. The molecule has 0 bridgehead atoms. The summed E-state index contributed by atoms with van der Waals surface area (Å²) in [7, 11) is 2.15. The summed E-state index contributed by atoms with van der Waals surface area (Å²) in [6.45, 7) is 11.1. The van der Waals surface area contributed by atoms with Crippen LogP contribution in [0.1, 0.15) is 31.3 Å². The van der Waals surface area contributed by atoms with Crippen LogP contribution in [0.3, 0.4) is 0 Å². The maximum atomic E-state index is 5.10. The van der Waals surface area contributed by atoms with Gasteiger partial charge >= 0.3 is 0 Å². The normalized spacial score (nSPS) is 22.3. The quantitative estimate of drug-likeness (QED) is 0.931. The van der Waals surface area contributed by atoms with Crippen molar-refractivity contribution in [3.05, 3.63) is 41.7 Å². The van der Waals surface area contributed by atoms with Gasteiger partial charge in [0.05, 0.1) is 17.4 Å². The highest BCUT2D eigenvalue weighted by atomic mass is 15.3. The Balaban J connectivity index is 1.60. The van der Waals surface area contributed by atoms with Crippen molar-refractivity contribution >= 4 is 0 Å². The lowest BCUT2D eigenvalue weighted by Gasteiger charge is -2.41. The van der Waals surface area contributed by atoms with E-state index in [0.717, 1.165) is 45.1 Å². The minimum absolute atomic E-state index is 0.390. The van der Waals surface area contributed by atoms with E-state index in [1.165, 1.54) is 17.0 Å². The Morgan fingerprint density at radius 2 is 1.80 bits per heavy atom. The van der Waals surface area contributed by atoms with Crippen molar-refractivity contribution in [3.8, 4) is 11.4 Å². The van der Waals surface area contributed by atoms with Crippen LogP contribution in [0, 0.1) is 0 Å². The first-order chi connectivity index (χ1) is 12.1. The van der Waals surface area contributed by atoms with Crippen molar-refractivity contribution in [2.75, 3.05) is 32.7 Å². The van der Waals surface area contributed by atoms with Gasteiger partial charge in [0, 0.05) is 57.9 Å². The van der Waals surface area contributed by atoms with Crippen molar-refractivity contribution in [3.63, 3.8) is 0 Å². The molecule has 0 amide bonds. The van der Waals surface area contributed by atoms with Gasteiger partial charge in [-0.3, -0.25) is 9.80 Å². The molecule has 5 heteroatoms. The van der Waals surface area contributed by atoms with E-state index in [9.17, 15) is 0 Å². The van der Waals surface area contributed by atoms with Crippen LogP contribution >= 0.6 is 0 Å². The molecule has 2 aliphatic heterocycles. The van der Waals surface area contributed by atoms with Gasteiger partial charge in [0.25, 0.3) is 0 Å². The number of nitrogens with one attached hydrogen (secondary N) is 1. The highest BCUT2D eigenvalue weighted by Gasteiger charge is 2.32. The molecular weight excluding hydrogens is 310 g/mol. The molecule has 2 aliphatic rings.